The molecule has 2 aromatic carbocycles. The monoisotopic (exact) mass is 406 g/mol. The molecule has 8 heteroatoms. The van der Waals surface area contributed by atoms with Crippen molar-refractivity contribution in [1.29, 1.82) is 0 Å². The number of benzene rings is 2. The van der Waals surface area contributed by atoms with Crippen molar-refractivity contribution in [1.82, 2.24) is 24.7 Å². The number of morpholine rings is 1. The van der Waals surface area contributed by atoms with Crippen molar-refractivity contribution in [2.24, 2.45) is 0 Å². The summed E-state index contributed by atoms with van der Waals surface area (Å²) in [6, 6.07) is 16.3. The van der Waals surface area contributed by atoms with Crippen LogP contribution in [0.5, 0.6) is 0 Å². The zero-order valence-corrected chi connectivity index (χ0v) is 16.5. The zero-order valence-electron chi connectivity index (χ0n) is 15.7. The second-order valence-corrected chi connectivity index (χ2v) is 7.19. The van der Waals surface area contributed by atoms with Gasteiger partial charge in [0.05, 0.1) is 31.5 Å². The van der Waals surface area contributed by atoms with Gasteiger partial charge in [-0.15, -0.1) is 0 Å². The lowest BCUT2D eigenvalue weighted by molar-refractivity contribution is 0.122. The Kier molecular flexibility index (Phi) is 4.83. The Morgan fingerprint density at radius 2 is 1.76 bits per heavy atom. The van der Waals surface area contributed by atoms with E-state index in [4.69, 9.17) is 21.3 Å². The molecule has 5 rings (SSSR count). The first-order valence-electron chi connectivity index (χ1n) is 9.51. The van der Waals surface area contributed by atoms with Crippen LogP contribution in [-0.4, -0.2) is 51.0 Å². The molecule has 0 atom stereocenters. The van der Waals surface area contributed by atoms with Crippen LogP contribution in [0.2, 0.25) is 5.28 Å². The maximum atomic E-state index is 6.24. The Morgan fingerprint density at radius 3 is 2.59 bits per heavy atom. The predicted molar refractivity (Wildman–Crippen MR) is 112 cm³/mol. The first-order chi connectivity index (χ1) is 14.3. The van der Waals surface area contributed by atoms with Gasteiger partial charge in [-0.3, -0.25) is 4.68 Å². The third-order valence-electron chi connectivity index (χ3n) is 4.99. The molecule has 0 aliphatic carbocycles. The lowest BCUT2D eigenvalue weighted by Gasteiger charge is -2.26. The highest BCUT2D eigenvalue weighted by Crippen LogP contribution is 2.28. The number of ether oxygens (including phenoxy) is 1. The van der Waals surface area contributed by atoms with E-state index in [0.717, 1.165) is 29.6 Å². The minimum atomic E-state index is 0.185. The minimum Gasteiger partial charge on any atom is -0.378 e. The molecule has 0 spiro atoms. The molecule has 4 aromatic rings. The van der Waals surface area contributed by atoms with Crippen molar-refractivity contribution in [3.63, 3.8) is 0 Å². The number of anilines is 1. The van der Waals surface area contributed by atoms with Crippen LogP contribution in [0.15, 0.2) is 54.7 Å². The van der Waals surface area contributed by atoms with Crippen molar-refractivity contribution in [3.05, 3.63) is 65.6 Å². The summed E-state index contributed by atoms with van der Waals surface area (Å²) < 4.78 is 7.40. The Morgan fingerprint density at radius 1 is 0.931 bits per heavy atom. The van der Waals surface area contributed by atoms with Gasteiger partial charge in [-0.1, -0.05) is 42.5 Å². The third-order valence-corrected chi connectivity index (χ3v) is 5.16. The van der Waals surface area contributed by atoms with Crippen LogP contribution in [0.1, 0.15) is 5.56 Å². The Bertz CT molecular complexity index is 1140. The number of fused-ring (bicyclic) bond motifs is 1. The smallest absolute Gasteiger partial charge is 0.230 e. The Hall–Kier alpha value is -3.03. The van der Waals surface area contributed by atoms with E-state index in [1.807, 2.05) is 41.2 Å². The van der Waals surface area contributed by atoms with Gasteiger partial charge in [-0.25, -0.2) is 0 Å². The van der Waals surface area contributed by atoms with E-state index in [1.54, 1.807) is 0 Å². The number of halogens is 1. The van der Waals surface area contributed by atoms with Crippen molar-refractivity contribution in [2.45, 2.75) is 6.54 Å². The molecule has 1 aliphatic rings. The van der Waals surface area contributed by atoms with Crippen molar-refractivity contribution >= 4 is 28.5 Å². The standard InChI is InChI=1S/C21H19ClN6O/c22-20-24-19(25-21(26-20)27-9-11-29-12-10-27)16-7-4-8-18-17(16)13-23-28(18)14-15-5-2-1-3-6-15/h1-8,13H,9-12,14H2. The van der Waals surface area contributed by atoms with E-state index in [9.17, 15) is 0 Å². The highest BCUT2D eigenvalue weighted by Gasteiger charge is 2.18. The molecule has 0 bridgehead atoms. The lowest BCUT2D eigenvalue weighted by atomic mass is 10.1. The molecule has 146 valence electrons. The molecular weight excluding hydrogens is 388 g/mol. The second kappa shape index (κ2) is 7.77. The molecule has 0 radical (unpaired) electrons. The van der Waals surface area contributed by atoms with Crippen LogP contribution < -0.4 is 4.90 Å². The van der Waals surface area contributed by atoms with Crippen LogP contribution in [0, 0.1) is 0 Å². The molecule has 0 saturated carbocycles. The largest absolute Gasteiger partial charge is 0.378 e. The van der Waals surface area contributed by atoms with Crippen LogP contribution in [0.4, 0.5) is 5.95 Å². The van der Waals surface area contributed by atoms with Crippen LogP contribution >= 0.6 is 11.6 Å². The number of nitrogens with zero attached hydrogens (tertiary/aromatic N) is 6. The molecule has 1 aliphatic heterocycles. The van der Waals surface area contributed by atoms with Gasteiger partial charge < -0.3 is 9.64 Å². The third kappa shape index (κ3) is 3.66. The predicted octanol–water partition coefficient (Wildman–Crippen LogP) is 3.43. The second-order valence-electron chi connectivity index (χ2n) is 6.85. The summed E-state index contributed by atoms with van der Waals surface area (Å²) in [5.41, 5.74) is 3.11. The van der Waals surface area contributed by atoms with Gasteiger partial charge in [0.25, 0.3) is 0 Å². The van der Waals surface area contributed by atoms with Gasteiger partial charge in [0.15, 0.2) is 5.82 Å². The number of rotatable bonds is 4. The van der Waals surface area contributed by atoms with E-state index < -0.39 is 0 Å². The number of hydrogen-bond acceptors (Lipinski definition) is 6. The fourth-order valence-electron chi connectivity index (χ4n) is 3.55. The molecule has 2 aromatic heterocycles. The summed E-state index contributed by atoms with van der Waals surface area (Å²) in [6.45, 7) is 3.48. The molecule has 29 heavy (non-hydrogen) atoms. The summed E-state index contributed by atoms with van der Waals surface area (Å²) in [7, 11) is 0. The molecule has 7 nitrogen and oxygen atoms in total. The van der Waals surface area contributed by atoms with E-state index >= 15 is 0 Å². The SMILES string of the molecule is Clc1nc(-c2cccc3c2cnn3Cc2ccccc2)nc(N2CCOCC2)n1. The van der Waals surface area contributed by atoms with Crippen LogP contribution in [-0.2, 0) is 11.3 Å². The van der Waals surface area contributed by atoms with Gasteiger partial charge in [-0.05, 0) is 23.2 Å². The highest BCUT2D eigenvalue weighted by atomic mass is 35.5. The average molecular weight is 407 g/mol. The van der Waals surface area contributed by atoms with E-state index in [2.05, 4.69) is 38.2 Å². The summed E-state index contributed by atoms with van der Waals surface area (Å²) >= 11 is 6.24. The summed E-state index contributed by atoms with van der Waals surface area (Å²) in [4.78, 5) is 15.5. The molecule has 1 saturated heterocycles. The summed E-state index contributed by atoms with van der Waals surface area (Å²) in [6.07, 6.45) is 1.86. The highest BCUT2D eigenvalue weighted by molar-refractivity contribution is 6.28. The Balaban J connectivity index is 1.54. The zero-order chi connectivity index (χ0) is 19.6. The first kappa shape index (κ1) is 18.0. The van der Waals surface area contributed by atoms with Gasteiger partial charge in [0.2, 0.25) is 11.2 Å². The fraction of sp³-hybridized carbons (Fsp3) is 0.238. The Labute approximate surface area is 172 Å². The van der Waals surface area contributed by atoms with E-state index in [-0.39, 0.29) is 5.28 Å². The number of aromatic nitrogens is 5. The van der Waals surface area contributed by atoms with Crippen molar-refractivity contribution in [3.8, 4) is 11.4 Å². The quantitative estimate of drug-likeness (QED) is 0.517. The van der Waals surface area contributed by atoms with Crippen molar-refractivity contribution < 1.29 is 4.74 Å². The van der Waals surface area contributed by atoms with Gasteiger partial charge in [0.1, 0.15) is 0 Å². The van der Waals surface area contributed by atoms with Crippen molar-refractivity contribution in [2.75, 3.05) is 31.2 Å². The van der Waals surface area contributed by atoms with Gasteiger partial charge >= 0.3 is 0 Å². The minimum absolute atomic E-state index is 0.185. The molecule has 1 fully saturated rings. The molecule has 0 amide bonds. The maximum absolute atomic E-state index is 6.24. The number of hydrogen-bond donors (Lipinski definition) is 0. The summed E-state index contributed by atoms with van der Waals surface area (Å²) in [5.74, 6) is 1.13. The average Bonchev–Trinajstić information content (AvgIpc) is 3.17. The first-order valence-corrected chi connectivity index (χ1v) is 9.89. The van der Waals surface area contributed by atoms with E-state index in [0.29, 0.717) is 31.5 Å². The summed E-state index contributed by atoms with van der Waals surface area (Å²) in [5, 5.41) is 5.77. The van der Waals surface area contributed by atoms with Crippen LogP contribution in [0.3, 0.4) is 0 Å². The van der Waals surface area contributed by atoms with Crippen LogP contribution in [0.25, 0.3) is 22.3 Å². The van der Waals surface area contributed by atoms with Gasteiger partial charge in [0, 0.05) is 24.0 Å². The molecule has 0 unspecified atom stereocenters. The molecule has 3 heterocycles. The van der Waals surface area contributed by atoms with Gasteiger partial charge in [-0.2, -0.15) is 20.1 Å². The normalized spacial score (nSPS) is 14.4. The molecular formula is C21H19ClN6O. The lowest BCUT2D eigenvalue weighted by Crippen LogP contribution is -2.37. The maximum Gasteiger partial charge on any atom is 0.230 e. The topological polar surface area (TPSA) is 69.0 Å². The molecule has 0 N–H and O–H groups in total. The van der Waals surface area contributed by atoms with E-state index in [1.165, 1.54) is 5.56 Å². The fourth-order valence-corrected chi connectivity index (χ4v) is 3.70.